The van der Waals surface area contributed by atoms with Crippen LogP contribution in [-0.4, -0.2) is 18.8 Å². The molecule has 5 heteroatoms. The molecule has 1 aliphatic rings. The zero-order valence-electron chi connectivity index (χ0n) is 15.9. The lowest BCUT2D eigenvalue weighted by Gasteiger charge is -2.39. The minimum Gasteiger partial charge on any atom is -0.445 e. The van der Waals surface area contributed by atoms with E-state index in [1.165, 1.54) is 0 Å². The van der Waals surface area contributed by atoms with Crippen molar-refractivity contribution in [2.24, 2.45) is 11.1 Å². The standard InChI is InChI=1S/C22H24N2O3/c1-22(2,3)20(27-21(24)25)19-13-26-12-18-16(5-4-6-17(18)19)15-9-7-14(11-23)8-10-15/h4-10,19-20H,12-13H2,1-3H3,(H2,24,25). The molecule has 1 heterocycles. The molecule has 0 saturated carbocycles. The quantitative estimate of drug-likeness (QED) is 0.877. The Morgan fingerprint density at radius 1 is 1.26 bits per heavy atom. The van der Waals surface area contributed by atoms with Crippen LogP contribution in [0.5, 0.6) is 0 Å². The van der Waals surface area contributed by atoms with Crippen molar-refractivity contribution in [2.45, 2.75) is 39.4 Å². The van der Waals surface area contributed by atoms with E-state index in [0.29, 0.717) is 18.8 Å². The van der Waals surface area contributed by atoms with Crippen LogP contribution in [0.2, 0.25) is 0 Å². The van der Waals surface area contributed by atoms with Crippen LogP contribution in [0, 0.1) is 16.7 Å². The Morgan fingerprint density at radius 2 is 1.96 bits per heavy atom. The van der Waals surface area contributed by atoms with Crippen molar-refractivity contribution in [1.82, 2.24) is 0 Å². The lowest BCUT2D eigenvalue weighted by atomic mass is 9.75. The van der Waals surface area contributed by atoms with Gasteiger partial charge in [0.1, 0.15) is 6.10 Å². The summed E-state index contributed by atoms with van der Waals surface area (Å²) >= 11 is 0. The molecule has 0 radical (unpaired) electrons. The summed E-state index contributed by atoms with van der Waals surface area (Å²) in [5.41, 5.74) is 9.96. The summed E-state index contributed by atoms with van der Waals surface area (Å²) in [6.07, 6.45) is -1.17. The molecular formula is C22H24N2O3. The molecule has 0 aliphatic carbocycles. The Morgan fingerprint density at radius 3 is 2.56 bits per heavy atom. The maximum Gasteiger partial charge on any atom is 0.404 e. The Kier molecular flexibility index (Phi) is 5.20. The van der Waals surface area contributed by atoms with E-state index in [2.05, 4.69) is 12.1 Å². The second kappa shape index (κ2) is 7.42. The Balaban J connectivity index is 2.05. The lowest BCUT2D eigenvalue weighted by molar-refractivity contribution is -0.0200. The molecule has 3 rings (SSSR count). The van der Waals surface area contributed by atoms with E-state index >= 15 is 0 Å². The van der Waals surface area contributed by atoms with Crippen LogP contribution in [0.3, 0.4) is 0 Å². The van der Waals surface area contributed by atoms with Gasteiger partial charge in [0.2, 0.25) is 0 Å². The van der Waals surface area contributed by atoms with E-state index in [4.69, 9.17) is 20.5 Å². The molecule has 1 aliphatic heterocycles. The van der Waals surface area contributed by atoms with Gasteiger partial charge >= 0.3 is 6.09 Å². The van der Waals surface area contributed by atoms with E-state index < -0.39 is 12.2 Å². The SMILES string of the molecule is CC(C)(C)C(OC(N)=O)C1COCc2c(-c3ccc(C#N)cc3)cccc21. The first-order valence-corrected chi connectivity index (χ1v) is 8.97. The number of ether oxygens (including phenoxy) is 2. The number of carbonyl (C=O) groups is 1. The number of rotatable bonds is 3. The van der Waals surface area contributed by atoms with Gasteiger partial charge in [-0.3, -0.25) is 0 Å². The third kappa shape index (κ3) is 3.96. The van der Waals surface area contributed by atoms with Gasteiger partial charge in [-0.2, -0.15) is 5.26 Å². The van der Waals surface area contributed by atoms with Crippen molar-refractivity contribution in [1.29, 1.82) is 5.26 Å². The molecule has 2 unspecified atom stereocenters. The summed E-state index contributed by atoms with van der Waals surface area (Å²) in [6, 6.07) is 15.8. The third-order valence-electron chi connectivity index (χ3n) is 4.94. The average Bonchev–Trinajstić information content (AvgIpc) is 2.64. The summed E-state index contributed by atoms with van der Waals surface area (Å²) in [5, 5.41) is 9.01. The van der Waals surface area contributed by atoms with Gasteiger partial charge in [0.15, 0.2) is 0 Å². The highest BCUT2D eigenvalue weighted by atomic mass is 16.6. The van der Waals surface area contributed by atoms with Crippen molar-refractivity contribution < 1.29 is 14.3 Å². The van der Waals surface area contributed by atoms with Gasteiger partial charge in [0.25, 0.3) is 0 Å². The average molecular weight is 364 g/mol. The summed E-state index contributed by atoms with van der Waals surface area (Å²) in [4.78, 5) is 11.5. The van der Waals surface area contributed by atoms with E-state index in [-0.39, 0.29) is 11.3 Å². The molecular weight excluding hydrogens is 340 g/mol. The van der Waals surface area contributed by atoms with Crippen molar-refractivity contribution in [2.75, 3.05) is 6.61 Å². The van der Waals surface area contributed by atoms with Crippen LogP contribution < -0.4 is 5.73 Å². The first kappa shape index (κ1) is 18.9. The van der Waals surface area contributed by atoms with Gasteiger partial charge in [0, 0.05) is 5.92 Å². The van der Waals surface area contributed by atoms with Gasteiger partial charge in [-0.15, -0.1) is 0 Å². The molecule has 0 saturated heterocycles. The van der Waals surface area contributed by atoms with E-state index in [0.717, 1.165) is 22.3 Å². The monoisotopic (exact) mass is 364 g/mol. The number of carbonyl (C=O) groups excluding carboxylic acids is 1. The second-order valence-corrected chi connectivity index (χ2v) is 7.91. The summed E-state index contributed by atoms with van der Waals surface area (Å²) in [6.45, 7) is 7.05. The maximum atomic E-state index is 11.5. The number of hydrogen-bond donors (Lipinski definition) is 1. The maximum absolute atomic E-state index is 11.5. The molecule has 1 amide bonds. The number of amides is 1. The minimum atomic E-state index is -0.773. The molecule has 2 aromatic rings. The number of nitrogens with two attached hydrogens (primary N) is 1. The Labute approximate surface area is 159 Å². The van der Waals surface area contributed by atoms with Gasteiger partial charge in [-0.25, -0.2) is 4.79 Å². The molecule has 5 nitrogen and oxygen atoms in total. The fourth-order valence-corrected chi connectivity index (χ4v) is 3.72. The minimum absolute atomic E-state index is 0.0976. The zero-order valence-corrected chi connectivity index (χ0v) is 15.9. The van der Waals surface area contributed by atoms with Crippen LogP contribution >= 0.6 is 0 Å². The fraction of sp³-hybridized carbons (Fsp3) is 0.364. The van der Waals surface area contributed by atoms with Crippen molar-refractivity contribution in [3.05, 3.63) is 59.2 Å². The van der Waals surface area contributed by atoms with Gasteiger partial charge in [-0.05, 0) is 39.8 Å². The summed E-state index contributed by atoms with van der Waals surface area (Å²) < 4.78 is 11.4. The predicted molar refractivity (Wildman–Crippen MR) is 103 cm³/mol. The normalized spacial score (nSPS) is 17.5. The largest absolute Gasteiger partial charge is 0.445 e. The molecule has 0 spiro atoms. The second-order valence-electron chi connectivity index (χ2n) is 7.91. The molecule has 2 atom stereocenters. The summed E-state index contributed by atoms with van der Waals surface area (Å²) in [7, 11) is 0. The lowest BCUT2D eigenvalue weighted by Crippen LogP contribution is -2.41. The Hall–Kier alpha value is -2.84. The van der Waals surface area contributed by atoms with Crippen LogP contribution in [0.1, 0.15) is 43.4 Å². The highest BCUT2D eigenvalue weighted by Gasteiger charge is 2.39. The van der Waals surface area contributed by atoms with Crippen LogP contribution in [0.25, 0.3) is 11.1 Å². The van der Waals surface area contributed by atoms with Crippen molar-refractivity contribution >= 4 is 6.09 Å². The van der Waals surface area contributed by atoms with E-state index in [1.807, 2.05) is 57.2 Å². The van der Waals surface area contributed by atoms with Gasteiger partial charge in [0.05, 0.1) is 24.8 Å². The highest BCUT2D eigenvalue weighted by molar-refractivity contribution is 5.70. The molecule has 27 heavy (non-hydrogen) atoms. The highest BCUT2D eigenvalue weighted by Crippen LogP contribution is 2.41. The topological polar surface area (TPSA) is 85.3 Å². The van der Waals surface area contributed by atoms with Crippen LogP contribution in [0.15, 0.2) is 42.5 Å². The molecule has 140 valence electrons. The number of fused-ring (bicyclic) bond motifs is 1. The zero-order chi connectivity index (χ0) is 19.6. The molecule has 2 aromatic carbocycles. The number of benzene rings is 2. The van der Waals surface area contributed by atoms with E-state index in [1.54, 1.807) is 0 Å². The molecule has 0 bridgehead atoms. The molecule has 0 fully saturated rings. The van der Waals surface area contributed by atoms with Gasteiger partial charge < -0.3 is 15.2 Å². The smallest absolute Gasteiger partial charge is 0.404 e. The number of nitriles is 1. The van der Waals surface area contributed by atoms with Crippen molar-refractivity contribution in [3.63, 3.8) is 0 Å². The van der Waals surface area contributed by atoms with Crippen LogP contribution in [0.4, 0.5) is 4.79 Å². The first-order chi connectivity index (χ1) is 12.8. The summed E-state index contributed by atoms with van der Waals surface area (Å²) in [5.74, 6) is -0.0976. The predicted octanol–water partition coefficient (Wildman–Crippen LogP) is 4.35. The van der Waals surface area contributed by atoms with Crippen LogP contribution in [-0.2, 0) is 16.1 Å². The van der Waals surface area contributed by atoms with Gasteiger partial charge in [-0.1, -0.05) is 51.1 Å². The van der Waals surface area contributed by atoms with Crippen molar-refractivity contribution in [3.8, 4) is 17.2 Å². The molecule has 2 N–H and O–H groups in total. The number of hydrogen-bond acceptors (Lipinski definition) is 4. The fourth-order valence-electron chi connectivity index (χ4n) is 3.72. The molecule has 0 aromatic heterocycles. The number of primary amides is 1. The Bertz CT molecular complexity index is 876. The first-order valence-electron chi connectivity index (χ1n) is 8.97. The van der Waals surface area contributed by atoms with E-state index in [9.17, 15) is 4.79 Å². The number of nitrogens with zero attached hydrogens (tertiary/aromatic N) is 1. The third-order valence-corrected chi connectivity index (χ3v) is 4.94.